The van der Waals surface area contributed by atoms with Crippen LogP contribution < -0.4 is 37.6 Å². The van der Waals surface area contributed by atoms with Gasteiger partial charge in [0.2, 0.25) is 29.5 Å². The number of amides is 5. The zero-order valence-corrected chi connectivity index (χ0v) is 25.2. The van der Waals surface area contributed by atoms with Gasteiger partial charge in [-0.1, -0.05) is 45.1 Å². The lowest BCUT2D eigenvalue weighted by molar-refractivity contribution is -0.137. The molecule has 0 saturated carbocycles. The molecule has 42 heavy (non-hydrogen) atoms. The Morgan fingerprint density at radius 2 is 1.79 bits per heavy atom. The first-order valence-corrected chi connectivity index (χ1v) is 14.8. The third-order valence-corrected chi connectivity index (χ3v) is 7.50. The van der Waals surface area contributed by atoms with Crippen LogP contribution in [0, 0.1) is 17.2 Å². The fourth-order valence-electron chi connectivity index (χ4n) is 4.78. The Bertz CT molecular complexity index is 1060. The highest BCUT2D eigenvalue weighted by molar-refractivity contribution is 5.97. The van der Waals surface area contributed by atoms with Gasteiger partial charge in [0.25, 0.3) is 0 Å². The van der Waals surface area contributed by atoms with E-state index in [0.29, 0.717) is 38.8 Å². The number of carbonyl (C=O) groups excluding carboxylic acids is 5. The van der Waals surface area contributed by atoms with Gasteiger partial charge in [-0.15, -0.1) is 0 Å². The predicted octanol–water partition coefficient (Wildman–Crippen LogP) is 0.0774. The van der Waals surface area contributed by atoms with Crippen molar-refractivity contribution in [2.24, 2.45) is 17.6 Å². The Labute approximate surface area is 248 Å². The van der Waals surface area contributed by atoms with Gasteiger partial charge in [0.15, 0.2) is 5.96 Å². The molecule has 234 valence electrons. The van der Waals surface area contributed by atoms with Crippen LogP contribution in [0.2, 0.25) is 0 Å². The van der Waals surface area contributed by atoms with Crippen molar-refractivity contribution in [2.75, 3.05) is 13.1 Å². The van der Waals surface area contributed by atoms with Gasteiger partial charge in [0, 0.05) is 24.9 Å². The van der Waals surface area contributed by atoms with Gasteiger partial charge in [0.1, 0.15) is 23.7 Å². The largest absolute Gasteiger partial charge is 0.370 e. The first-order chi connectivity index (χ1) is 19.9. The molecule has 1 unspecified atom stereocenters. The molecule has 0 radical (unpaired) electrons. The molecule has 0 spiro atoms. The summed E-state index contributed by atoms with van der Waals surface area (Å²) in [5.41, 5.74) is 4.05. The van der Waals surface area contributed by atoms with Crippen LogP contribution in [0.4, 0.5) is 0 Å². The monoisotopic (exact) mass is 588 g/mol. The molecule has 1 aliphatic carbocycles. The van der Waals surface area contributed by atoms with Crippen LogP contribution in [0.15, 0.2) is 24.3 Å². The molecule has 0 aromatic heterocycles. The minimum atomic E-state index is -1.32. The molecule has 1 heterocycles. The van der Waals surface area contributed by atoms with Crippen LogP contribution in [0.3, 0.4) is 0 Å². The summed E-state index contributed by atoms with van der Waals surface area (Å²) < 4.78 is 0. The van der Waals surface area contributed by atoms with Crippen molar-refractivity contribution in [3.05, 3.63) is 24.3 Å². The lowest BCUT2D eigenvalue weighted by Gasteiger charge is -2.33. The van der Waals surface area contributed by atoms with E-state index in [1.54, 1.807) is 27.7 Å². The highest BCUT2D eigenvalue weighted by Crippen LogP contribution is 2.19. The quantitative estimate of drug-likeness (QED) is 0.111. The summed E-state index contributed by atoms with van der Waals surface area (Å²) in [6, 6.07) is -2.81. The maximum Gasteiger partial charge on any atom is 0.246 e. The second kappa shape index (κ2) is 16.5. The Kier molecular flexibility index (Phi) is 13.5. The smallest absolute Gasteiger partial charge is 0.246 e. The Balaban J connectivity index is 2.38. The molecule has 0 aromatic rings. The van der Waals surface area contributed by atoms with Gasteiger partial charge in [-0.2, -0.15) is 0 Å². The minimum absolute atomic E-state index is 0.189. The van der Waals surface area contributed by atoms with Gasteiger partial charge < -0.3 is 37.6 Å². The van der Waals surface area contributed by atoms with E-state index in [4.69, 9.17) is 11.1 Å². The summed E-state index contributed by atoms with van der Waals surface area (Å²) in [5, 5.41) is 24.2. The van der Waals surface area contributed by atoms with Gasteiger partial charge in [-0.05, 0) is 51.9 Å². The lowest BCUT2D eigenvalue weighted by Crippen LogP contribution is -2.62. The van der Waals surface area contributed by atoms with Crippen LogP contribution in [0.5, 0.6) is 0 Å². The minimum Gasteiger partial charge on any atom is -0.370 e. The molecule has 13 nitrogen and oxygen atoms in total. The molecule has 1 aliphatic heterocycles. The predicted molar refractivity (Wildman–Crippen MR) is 160 cm³/mol. The molecule has 0 bridgehead atoms. The molecule has 1 saturated heterocycles. The summed E-state index contributed by atoms with van der Waals surface area (Å²) in [4.78, 5) is 66.4. The van der Waals surface area contributed by atoms with Crippen LogP contribution in [0.1, 0.15) is 72.6 Å². The van der Waals surface area contributed by atoms with Crippen molar-refractivity contribution in [3.63, 3.8) is 0 Å². The van der Waals surface area contributed by atoms with E-state index in [0.717, 1.165) is 0 Å². The van der Waals surface area contributed by atoms with E-state index in [1.165, 1.54) is 0 Å². The van der Waals surface area contributed by atoms with Crippen molar-refractivity contribution in [2.45, 2.75) is 96.3 Å². The molecule has 2 aliphatic rings. The highest BCUT2D eigenvalue weighted by Gasteiger charge is 2.38. The highest BCUT2D eigenvalue weighted by atomic mass is 16.2. The molecule has 5 amide bonds. The number of nitrogens with one attached hydrogen (secondary N) is 7. The molecular weight excluding hydrogens is 540 g/mol. The zero-order chi connectivity index (χ0) is 31.3. The topological polar surface area (TPSA) is 207 Å². The Morgan fingerprint density at radius 3 is 2.40 bits per heavy atom. The van der Waals surface area contributed by atoms with Crippen molar-refractivity contribution in [1.29, 1.82) is 5.41 Å². The SMILES string of the molecule is CC[C@@H]1NC(=O)[C@H](CCCNC(=N)N)NC(=O)[C@](C)(NC(=O)C(C)C)CCCCNC(=O)[C@@H](C2C=CC=CC2)NC1=O. The van der Waals surface area contributed by atoms with Crippen LogP contribution >= 0.6 is 0 Å². The van der Waals surface area contributed by atoms with Crippen molar-refractivity contribution in [1.82, 2.24) is 31.9 Å². The molecule has 0 aromatic carbocycles. The van der Waals surface area contributed by atoms with Crippen LogP contribution in [-0.4, -0.2) is 72.2 Å². The molecule has 5 atom stereocenters. The maximum absolute atomic E-state index is 13.6. The average molecular weight is 589 g/mol. The van der Waals surface area contributed by atoms with E-state index in [-0.39, 0.29) is 48.9 Å². The summed E-state index contributed by atoms with van der Waals surface area (Å²) in [6.45, 7) is 7.44. The lowest BCUT2D eigenvalue weighted by atomic mass is 9.91. The van der Waals surface area contributed by atoms with Crippen molar-refractivity contribution in [3.8, 4) is 0 Å². The van der Waals surface area contributed by atoms with Gasteiger partial charge >= 0.3 is 0 Å². The average Bonchev–Trinajstić information content (AvgIpc) is 2.95. The van der Waals surface area contributed by atoms with Crippen molar-refractivity contribution < 1.29 is 24.0 Å². The van der Waals surface area contributed by atoms with E-state index in [9.17, 15) is 24.0 Å². The molecule has 9 N–H and O–H groups in total. The normalized spacial score (nSPS) is 27.8. The number of allylic oxidation sites excluding steroid dienone is 3. The molecule has 1 fully saturated rings. The van der Waals surface area contributed by atoms with Gasteiger partial charge in [0.05, 0.1) is 0 Å². The third-order valence-electron chi connectivity index (χ3n) is 7.50. The number of guanidine groups is 1. The zero-order valence-electron chi connectivity index (χ0n) is 25.2. The number of nitrogens with two attached hydrogens (primary N) is 1. The summed E-state index contributed by atoms with van der Waals surface area (Å²) >= 11 is 0. The third kappa shape index (κ3) is 10.5. The van der Waals surface area contributed by atoms with E-state index >= 15 is 0 Å². The second-order valence-corrected chi connectivity index (χ2v) is 11.4. The number of hydrogen-bond donors (Lipinski definition) is 8. The number of carbonyl (C=O) groups is 5. The summed E-state index contributed by atoms with van der Waals surface area (Å²) in [5.74, 6) is -3.06. The van der Waals surface area contributed by atoms with E-state index < -0.39 is 41.4 Å². The van der Waals surface area contributed by atoms with Gasteiger partial charge in [-0.25, -0.2) is 0 Å². The maximum atomic E-state index is 13.6. The standard InChI is InChI=1S/C29H48N8O5/c1-5-20-24(39)36-22(19-12-7-6-8-13-19)26(41)32-16-10-9-15-29(4,37-23(38)18(2)3)27(42)35-21(25(40)34-20)14-11-17-33-28(30)31/h6-8,12,18-22H,5,9-11,13-17H2,1-4H3,(H,32,41)(H,34,40)(H,35,42)(H,36,39)(H,37,38)(H4,30,31,33)/t19?,20-,21-,22+,29+/m0/s1. The second-order valence-electron chi connectivity index (χ2n) is 11.4. The molecule has 2 rings (SSSR count). The van der Waals surface area contributed by atoms with Crippen LogP contribution in [-0.2, 0) is 24.0 Å². The number of hydrogen-bond acceptors (Lipinski definition) is 6. The fourth-order valence-corrected chi connectivity index (χ4v) is 4.78. The number of rotatable bonds is 8. The summed E-state index contributed by atoms with van der Waals surface area (Å²) in [7, 11) is 0. The van der Waals surface area contributed by atoms with Crippen LogP contribution in [0.25, 0.3) is 0 Å². The van der Waals surface area contributed by atoms with E-state index in [2.05, 4.69) is 31.9 Å². The molecule has 13 heteroatoms. The first-order valence-electron chi connectivity index (χ1n) is 14.8. The fraction of sp³-hybridized carbons (Fsp3) is 0.655. The van der Waals surface area contributed by atoms with E-state index in [1.807, 2.05) is 24.3 Å². The summed E-state index contributed by atoms with van der Waals surface area (Å²) in [6.07, 6.45) is 10.3. The van der Waals surface area contributed by atoms with Crippen molar-refractivity contribution >= 4 is 35.5 Å². The van der Waals surface area contributed by atoms with Gasteiger partial charge in [-0.3, -0.25) is 29.4 Å². The first kappa shape index (κ1) is 34.3. The molecular formula is C29H48N8O5. The Hall–Kier alpha value is -3.90. The Morgan fingerprint density at radius 1 is 1.07 bits per heavy atom.